The van der Waals surface area contributed by atoms with E-state index in [9.17, 15) is 0 Å². The van der Waals surface area contributed by atoms with Crippen molar-refractivity contribution in [3.05, 3.63) is 96.1 Å². The van der Waals surface area contributed by atoms with Gasteiger partial charge in [0.15, 0.2) is 11.0 Å². The van der Waals surface area contributed by atoms with Crippen LogP contribution >= 0.6 is 11.8 Å². The Hall–Kier alpha value is -4.11. The monoisotopic (exact) mass is 485 g/mol. The van der Waals surface area contributed by atoms with Gasteiger partial charge < -0.3 is 14.0 Å². The van der Waals surface area contributed by atoms with E-state index in [0.29, 0.717) is 28.4 Å². The lowest BCUT2D eigenvalue weighted by Crippen LogP contribution is -2.06. The molecule has 5 rings (SSSR count). The molecule has 2 heterocycles. The van der Waals surface area contributed by atoms with Crippen molar-refractivity contribution in [3.8, 4) is 28.6 Å². The number of para-hydroxylation sites is 1. The molecule has 0 aliphatic rings. The van der Waals surface area contributed by atoms with Gasteiger partial charge in [-0.1, -0.05) is 64.9 Å². The van der Waals surface area contributed by atoms with Gasteiger partial charge in [-0.05, 0) is 43.3 Å². The number of nitrogens with zero attached hydrogens (tertiary/aromatic N) is 5. The molecule has 8 nitrogen and oxygen atoms in total. The molecule has 0 amide bonds. The van der Waals surface area contributed by atoms with Gasteiger partial charge in [0.1, 0.15) is 18.1 Å². The Labute approximate surface area is 206 Å². The smallest absolute Gasteiger partial charge is 0.237 e. The summed E-state index contributed by atoms with van der Waals surface area (Å²) in [6, 6.07) is 25.4. The van der Waals surface area contributed by atoms with Crippen LogP contribution in [0.15, 0.2) is 88.5 Å². The first-order valence-electron chi connectivity index (χ1n) is 11.0. The molecular weight excluding hydrogens is 462 g/mol. The van der Waals surface area contributed by atoms with Gasteiger partial charge in [-0.3, -0.25) is 4.57 Å². The van der Waals surface area contributed by atoms with E-state index in [2.05, 4.69) is 20.3 Å². The van der Waals surface area contributed by atoms with Crippen molar-refractivity contribution in [2.45, 2.75) is 24.4 Å². The number of benzene rings is 3. The van der Waals surface area contributed by atoms with E-state index in [0.717, 1.165) is 22.7 Å². The number of rotatable bonds is 9. The van der Waals surface area contributed by atoms with Crippen LogP contribution in [-0.2, 0) is 12.4 Å². The number of ether oxygens (including phenoxy) is 2. The van der Waals surface area contributed by atoms with Crippen molar-refractivity contribution >= 4 is 11.8 Å². The van der Waals surface area contributed by atoms with E-state index >= 15 is 0 Å². The van der Waals surface area contributed by atoms with Crippen LogP contribution in [0.4, 0.5) is 0 Å². The number of aromatic nitrogens is 5. The van der Waals surface area contributed by atoms with Crippen molar-refractivity contribution < 1.29 is 14.0 Å². The minimum atomic E-state index is 0.257. The van der Waals surface area contributed by atoms with Crippen LogP contribution in [0.1, 0.15) is 17.3 Å². The van der Waals surface area contributed by atoms with Gasteiger partial charge >= 0.3 is 0 Å². The molecule has 35 heavy (non-hydrogen) atoms. The second-order valence-electron chi connectivity index (χ2n) is 7.70. The number of hydrogen-bond acceptors (Lipinski definition) is 8. The summed E-state index contributed by atoms with van der Waals surface area (Å²) in [6.45, 7) is 2.30. The van der Waals surface area contributed by atoms with Crippen LogP contribution in [0.25, 0.3) is 17.1 Å². The molecule has 176 valence electrons. The molecule has 0 radical (unpaired) electrons. The van der Waals surface area contributed by atoms with Gasteiger partial charge in [-0.2, -0.15) is 4.98 Å². The molecule has 0 bridgehead atoms. The van der Waals surface area contributed by atoms with Crippen LogP contribution in [0.3, 0.4) is 0 Å². The second-order valence-corrected chi connectivity index (χ2v) is 8.64. The second kappa shape index (κ2) is 10.4. The summed E-state index contributed by atoms with van der Waals surface area (Å²) in [5.41, 5.74) is 3.04. The normalized spacial score (nSPS) is 10.9. The average Bonchev–Trinajstić information content (AvgIpc) is 3.54. The Bertz CT molecular complexity index is 1380. The largest absolute Gasteiger partial charge is 0.497 e. The maximum atomic E-state index is 5.96. The molecule has 0 aliphatic carbocycles. The highest BCUT2D eigenvalue weighted by molar-refractivity contribution is 7.98. The molecule has 3 aromatic carbocycles. The van der Waals surface area contributed by atoms with Crippen molar-refractivity contribution in [2.24, 2.45) is 0 Å². The first-order valence-corrected chi connectivity index (χ1v) is 12.0. The zero-order valence-corrected chi connectivity index (χ0v) is 20.1. The number of methoxy groups -OCH3 is 1. The van der Waals surface area contributed by atoms with E-state index in [-0.39, 0.29) is 6.61 Å². The fourth-order valence-electron chi connectivity index (χ4n) is 3.40. The lowest BCUT2D eigenvalue weighted by molar-refractivity contribution is 0.292. The van der Waals surface area contributed by atoms with Gasteiger partial charge in [0.2, 0.25) is 11.7 Å². The lowest BCUT2D eigenvalue weighted by Gasteiger charge is -2.11. The zero-order valence-electron chi connectivity index (χ0n) is 19.3. The summed E-state index contributed by atoms with van der Waals surface area (Å²) in [7, 11) is 1.63. The Balaban J connectivity index is 1.33. The Morgan fingerprint density at radius 3 is 2.37 bits per heavy atom. The van der Waals surface area contributed by atoms with Crippen LogP contribution in [-0.4, -0.2) is 32.0 Å². The number of aryl methyl sites for hydroxylation is 1. The highest BCUT2D eigenvalue weighted by atomic mass is 32.2. The molecule has 0 saturated heterocycles. The zero-order chi connectivity index (χ0) is 24.0. The predicted molar refractivity (Wildman–Crippen MR) is 133 cm³/mol. The van der Waals surface area contributed by atoms with Crippen molar-refractivity contribution in [1.82, 2.24) is 24.9 Å². The molecule has 0 fully saturated rings. The van der Waals surface area contributed by atoms with E-state index in [1.807, 2.05) is 90.4 Å². The van der Waals surface area contributed by atoms with Crippen LogP contribution in [0, 0.1) is 6.92 Å². The predicted octanol–water partition coefficient (Wildman–Crippen LogP) is 5.51. The molecule has 5 aromatic rings. The van der Waals surface area contributed by atoms with Gasteiger partial charge in [-0.15, -0.1) is 10.2 Å². The third kappa shape index (κ3) is 5.36. The maximum absolute atomic E-state index is 5.96. The van der Waals surface area contributed by atoms with Crippen molar-refractivity contribution in [2.75, 3.05) is 7.11 Å². The van der Waals surface area contributed by atoms with Gasteiger partial charge in [0.25, 0.3) is 0 Å². The van der Waals surface area contributed by atoms with E-state index < -0.39 is 0 Å². The maximum Gasteiger partial charge on any atom is 0.237 e. The number of thioether (sulfide) groups is 1. The SMILES string of the molecule is COc1ccc(OCc2nnc(SCc3nc(-c4ccc(C)cc4)no3)n2-c2ccccc2)cc1. The standard InChI is InChI=1S/C26H23N5O3S/c1-18-8-10-19(11-9-18)25-27-24(34-30-25)17-35-26-29-28-23(31(26)20-6-4-3-5-7-20)16-33-22-14-12-21(32-2)13-15-22/h3-15H,16-17H2,1-2H3. The third-order valence-electron chi connectivity index (χ3n) is 5.24. The van der Waals surface area contributed by atoms with Gasteiger partial charge in [-0.25, -0.2) is 0 Å². The molecule has 0 N–H and O–H groups in total. The van der Waals surface area contributed by atoms with Gasteiger partial charge in [0, 0.05) is 11.3 Å². The molecule has 9 heteroatoms. The van der Waals surface area contributed by atoms with Gasteiger partial charge in [0.05, 0.1) is 12.9 Å². The fraction of sp³-hybridized carbons (Fsp3) is 0.154. The number of hydrogen-bond donors (Lipinski definition) is 0. The average molecular weight is 486 g/mol. The Morgan fingerprint density at radius 1 is 0.886 bits per heavy atom. The lowest BCUT2D eigenvalue weighted by atomic mass is 10.1. The van der Waals surface area contributed by atoms with Crippen LogP contribution in [0.2, 0.25) is 0 Å². The summed E-state index contributed by atoms with van der Waals surface area (Å²) < 4.78 is 18.6. The van der Waals surface area contributed by atoms with E-state index in [1.165, 1.54) is 17.3 Å². The highest BCUT2D eigenvalue weighted by Gasteiger charge is 2.17. The molecular formula is C26H23N5O3S. The fourth-order valence-corrected chi connectivity index (χ4v) is 4.21. The van der Waals surface area contributed by atoms with Crippen molar-refractivity contribution in [3.63, 3.8) is 0 Å². The summed E-state index contributed by atoms with van der Waals surface area (Å²) in [4.78, 5) is 4.53. The topological polar surface area (TPSA) is 88.1 Å². The summed E-state index contributed by atoms with van der Waals surface area (Å²) >= 11 is 1.47. The molecule has 2 aromatic heterocycles. The molecule has 0 unspecified atom stereocenters. The third-order valence-corrected chi connectivity index (χ3v) is 6.16. The first kappa shape index (κ1) is 22.7. The molecule has 0 saturated carbocycles. The van der Waals surface area contributed by atoms with Crippen molar-refractivity contribution in [1.29, 1.82) is 0 Å². The summed E-state index contributed by atoms with van der Waals surface area (Å²) in [5.74, 6) is 3.72. The summed E-state index contributed by atoms with van der Waals surface area (Å²) in [6.07, 6.45) is 0. The summed E-state index contributed by atoms with van der Waals surface area (Å²) in [5, 5.41) is 13.6. The molecule has 0 spiro atoms. The highest BCUT2D eigenvalue weighted by Crippen LogP contribution is 2.27. The Morgan fingerprint density at radius 2 is 1.63 bits per heavy atom. The minimum Gasteiger partial charge on any atom is -0.497 e. The van der Waals surface area contributed by atoms with E-state index in [4.69, 9.17) is 14.0 Å². The van der Waals surface area contributed by atoms with E-state index in [1.54, 1.807) is 7.11 Å². The first-order chi connectivity index (χ1) is 17.2. The molecule has 0 aliphatic heterocycles. The molecule has 0 atom stereocenters. The van der Waals surface area contributed by atoms with Crippen LogP contribution < -0.4 is 9.47 Å². The Kier molecular flexibility index (Phi) is 6.76. The quantitative estimate of drug-likeness (QED) is 0.253. The van der Waals surface area contributed by atoms with Crippen LogP contribution in [0.5, 0.6) is 11.5 Å². The minimum absolute atomic E-state index is 0.257.